The van der Waals surface area contributed by atoms with Crippen LogP contribution in [0.3, 0.4) is 0 Å². The van der Waals surface area contributed by atoms with Gasteiger partial charge in [-0.25, -0.2) is 9.97 Å². The summed E-state index contributed by atoms with van der Waals surface area (Å²) in [6, 6.07) is 11.0. The third kappa shape index (κ3) is 4.57. The van der Waals surface area contributed by atoms with Gasteiger partial charge in [-0.15, -0.1) is 11.6 Å². The van der Waals surface area contributed by atoms with Crippen molar-refractivity contribution in [3.8, 4) is 34.5 Å². The number of hydrogen-bond acceptors (Lipinski definition) is 6. The Bertz CT molecular complexity index is 918. The van der Waals surface area contributed by atoms with E-state index in [1.54, 1.807) is 36.7 Å². The second-order valence-corrected chi connectivity index (χ2v) is 6.27. The van der Waals surface area contributed by atoms with E-state index in [2.05, 4.69) is 16.0 Å². The third-order valence-corrected chi connectivity index (χ3v) is 4.27. The summed E-state index contributed by atoms with van der Waals surface area (Å²) in [6.45, 7) is 0.600. The van der Waals surface area contributed by atoms with Crippen LogP contribution in [0.25, 0.3) is 22.6 Å². The van der Waals surface area contributed by atoms with Gasteiger partial charge in [-0.1, -0.05) is 0 Å². The number of nitrogens with two attached hydrogens (primary N) is 1. The number of anilines is 1. The molecule has 0 saturated heterocycles. The molecular formula is C20H19ClN4O2. The fourth-order valence-corrected chi connectivity index (χ4v) is 2.80. The minimum absolute atomic E-state index is 0.164. The summed E-state index contributed by atoms with van der Waals surface area (Å²) < 4.78 is 11.1. The van der Waals surface area contributed by atoms with Crippen molar-refractivity contribution >= 4 is 17.4 Å². The Kier molecular flexibility index (Phi) is 6.29. The van der Waals surface area contributed by atoms with Crippen LogP contribution < -0.4 is 10.5 Å². The number of nitrogen functional groups attached to an aromatic ring is 1. The van der Waals surface area contributed by atoms with Gasteiger partial charge in [-0.05, 0) is 43.5 Å². The molecule has 3 heterocycles. The summed E-state index contributed by atoms with van der Waals surface area (Å²) in [4.78, 5) is 8.71. The SMILES string of the molecule is N#Cc1cc(-c2ccc(OCCCCCCl)nc2)c(-c2ccco2)nc1N. The Labute approximate surface area is 162 Å². The van der Waals surface area contributed by atoms with E-state index in [4.69, 9.17) is 26.5 Å². The van der Waals surface area contributed by atoms with Crippen LogP contribution in [-0.4, -0.2) is 22.5 Å². The van der Waals surface area contributed by atoms with Gasteiger partial charge < -0.3 is 14.9 Å². The lowest BCUT2D eigenvalue weighted by atomic mass is 10.0. The summed E-state index contributed by atoms with van der Waals surface area (Å²) in [5, 5.41) is 9.28. The normalized spacial score (nSPS) is 10.5. The van der Waals surface area contributed by atoms with Crippen LogP contribution in [0.4, 0.5) is 5.82 Å². The van der Waals surface area contributed by atoms with Crippen LogP contribution in [0.2, 0.25) is 0 Å². The number of pyridine rings is 2. The first-order valence-electron chi connectivity index (χ1n) is 8.62. The highest BCUT2D eigenvalue weighted by atomic mass is 35.5. The van der Waals surface area contributed by atoms with Gasteiger partial charge in [0.15, 0.2) is 5.76 Å². The van der Waals surface area contributed by atoms with Crippen molar-refractivity contribution in [2.24, 2.45) is 0 Å². The first-order valence-corrected chi connectivity index (χ1v) is 9.16. The molecule has 0 aliphatic rings. The fraction of sp³-hybridized carbons (Fsp3) is 0.250. The number of unbranched alkanes of at least 4 members (excludes halogenated alkanes) is 2. The Morgan fingerprint density at radius 3 is 2.78 bits per heavy atom. The monoisotopic (exact) mass is 382 g/mol. The van der Waals surface area contributed by atoms with Crippen molar-refractivity contribution in [3.05, 3.63) is 48.4 Å². The summed E-state index contributed by atoms with van der Waals surface area (Å²) in [6.07, 6.45) is 6.20. The maximum absolute atomic E-state index is 9.28. The zero-order valence-electron chi connectivity index (χ0n) is 14.7. The number of halogens is 1. The predicted molar refractivity (Wildman–Crippen MR) is 104 cm³/mol. The maximum Gasteiger partial charge on any atom is 0.213 e. The Balaban J connectivity index is 1.84. The maximum atomic E-state index is 9.28. The van der Waals surface area contributed by atoms with Gasteiger partial charge in [0.1, 0.15) is 17.6 Å². The summed E-state index contributed by atoms with van der Waals surface area (Å²) in [7, 11) is 0. The van der Waals surface area contributed by atoms with Crippen molar-refractivity contribution in [2.75, 3.05) is 18.2 Å². The molecule has 0 radical (unpaired) electrons. The Morgan fingerprint density at radius 1 is 1.22 bits per heavy atom. The number of nitriles is 1. The molecule has 3 rings (SSSR count). The molecule has 0 unspecified atom stereocenters. The molecule has 0 atom stereocenters. The molecule has 27 heavy (non-hydrogen) atoms. The molecule has 0 saturated carbocycles. The van der Waals surface area contributed by atoms with Crippen molar-refractivity contribution in [3.63, 3.8) is 0 Å². The molecule has 0 aromatic carbocycles. The number of aromatic nitrogens is 2. The molecule has 0 bridgehead atoms. The van der Waals surface area contributed by atoms with Gasteiger partial charge >= 0.3 is 0 Å². The number of ether oxygens (including phenoxy) is 1. The Morgan fingerprint density at radius 2 is 2.11 bits per heavy atom. The zero-order valence-corrected chi connectivity index (χ0v) is 15.4. The third-order valence-electron chi connectivity index (χ3n) is 4.00. The lowest BCUT2D eigenvalue weighted by molar-refractivity contribution is 0.295. The fourth-order valence-electron chi connectivity index (χ4n) is 2.61. The van der Waals surface area contributed by atoms with Gasteiger partial charge in [0, 0.05) is 29.3 Å². The molecule has 7 heteroatoms. The lowest BCUT2D eigenvalue weighted by Crippen LogP contribution is -2.01. The smallest absolute Gasteiger partial charge is 0.213 e. The quantitative estimate of drug-likeness (QED) is 0.450. The predicted octanol–water partition coefficient (Wildman–Crippen LogP) is 4.65. The van der Waals surface area contributed by atoms with E-state index in [0.29, 0.717) is 35.4 Å². The van der Waals surface area contributed by atoms with Gasteiger partial charge in [-0.3, -0.25) is 0 Å². The standard InChI is InChI=1S/C20H19ClN4O2/c21-8-2-1-3-9-27-18-7-6-14(13-24-18)16-11-15(12-22)20(23)25-19(16)17-5-4-10-26-17/h4-7,10-11,13H,1-3,8-9H2,(H2,23,25). The van der Waals surface area contributed by atoms with E-state index < -0.39 is 0 Å². The van der Waals surface area contributed by atoms with E-state index in [1.165, 1.54) is 0 Å². The first kappa shape index (κ1) is 18.7. The molecule has 0 aliphatic heterocycles. The van der Waals surface area contributed by atoms with Gasteiger partial charge in [-0.2, -0.15) is 5.26 Å². The second-order valence-electron chi connectivity index (χ2n) is 5.89. The number of rotatable bonds is 8. The molecule has 2 N–H and O–H groups in total. The van der Waals surface area contributed by atoms with E-state index in [1.807, 2.05) is 6.07 Å². The van der Waals surface area contributed by atoms with E-state index in [9.17, 15) is 5.26 Å². The average molecular weight is 383 g/mol. The average Bonchev–Trinajstić information content (AvgIpc) is 3.23. The van der Waals surface area contributed by atoms with E-state index in [0.717, 1.165) is 30.4 Å². The highest BCUT2D eigenvalue weighted by molar-refractivity contribution is 6.17. The minimum Gasteiger partial charge on any atom is -0.478 e. The van der Waals surface area contributed by atoms with Crippen LogP contribution in [0.15, 0.2) is 47.2 Å². The van der Waals surface area contributed by atoms with Crippen LogP contribution >= 0.6 is 11.6 Å². The molecule has 138 valence electrons. The minimum atomic E-state index is 0.164. The van der Waals surface area contributed by atoms with Gasteiger partial charge in [0.25, 0.3) is 0 Å². The molecule has 0 spiro atoms. The second kappa shape index (κ2) is 9.06. The number of nitrogens with zero attached hydrogens (tertiary/aromatic N) is 3. The van der Waals surface area contributed by atoms with Crippen LogP contribution in [0.5, 0.6) is 5.88 Å². The molecule has 0 amide bonds. The van der Waals surface area contributed by atoms with Crippen molar-refractivity contribution in [2.45, 2.75) is 19.3 Å². The van der Waals surface area contributed by atoms with Crippen molar-refractivity contribution < 1.29 is 9.15 Å². The van der Waals surface area contributed by atoms with Gasteiger partial charge in [0.05, 0.1) is 18.4 Å². The van der Waals surface area contributed by atoms with Crippen LogP contribution in [0, 0.1) is 11.3 Å². The summed E-state index contributed by atoms with van der Waals surface area (Å²) >= 11 is 5.66. The molecule has 3 aromatic rings. The molecule has 0 aliphatic carbocycles. The topological polar surface area (TPSA) is 98.0 Å². The molecule has 0 fully saturated rings. The van der Waals surface area contributed by atoms with Crippen molar-refractivity contribution in [1.82, 2.24) is 9.97 Å². The molecular weight excluding hydrogens is 364 g/mol. The summed E-state index contributed by atoms with van der Waals surface area (Å²) in [5.74, 6) is 1.96. The number of furan rings is 1. The summed E-state index contributed by atoms with van der Waals surface area (Å²) in [5.41, 5.74) is 8.26. The van der Waals surface area contributed by atoms with Crippen molar-refractivity contribution in [1.29, 1.82) is 5.26 Å². The van der Waals surface area contributed by atoms with E-state index >= 15 is 0 Å². The largest absolute Gasteiger partial charge is 0.478 e. The number of hydrogen-bond donors (Lipinski definition) is 1. The highest BCUT2D eigenvalue weighted by Crippen LogP contribution is 2.33. The first-order chi connectivity index (χ1) is 13.2. The van der Waals surface area contributed by atoms with Gasteiger partial charge in [0.2, 0.25) is 5.88 Å². The lowest BCUT2D eigenvalue weighted by Gasteiger charge is -2.10. The van der Waals surface area contributed by atoms with E-state index in [-0.39, 0.29) is 5.82 Å². The van der Waals surface area contributed by atoms with Crippen LogP contribution in [-0.2, 0) is 0 Å². The molecule has 3 aromatic heterocycles. The van der Waals surface area contributed by atoms with Crippen LogP contribution in [0.1, 0.15) is 24.8 Å². The number of alkyl halides is 1. The highest BCUT2D eigenvalue weighted by Gasteiger charge is 2.16. The zero-order chi connectivity index (χ0) is 19.1. The molecule has 6 nitrogen and oxygen atoms in total. The Hall–Kier alpha value is -3.04.